The summed E-state index contributed by atoms with van der Waals surface area (Å²) in [5.41, 5.74) is 3.93. The summed E-state index contributed by atoms with van der Waals surface area (Å²) in [6, 6.07) is 15.9. The van der Waals surface area contributed by atoms with Crippen molar-refractivity contribution in [1.82, 2.24) is 10.2 Å². The van der Waals surface area contributed by atoms with E-state index in [1.807, 2.05) is 32.0 Å². The third-order valence-corrected chi connectivity index (χ3v) is 3.97. The summed E-state index contributed by atoms with van der Waals surface area (Å²) in [6.45, 7) is 3.93. The molecule has 0 bridgehead atoms. The van der Waals surface area contributed by atoms with Gasteiger partial charge in [-0.15, -0.1) is 10.2 Å². The first-order valence-corrected chi connectivity index (χ1v) is 8.64. The van der Waals surface area contributed by atoms with E-state index in [1.54, 1.807) is 36.4 Å². The Bertz CT molecular complexity index is 996. The van der Waals surface area contributed by atoms with Crippen LogP contribution in [0.3, 0.4) is 0 Å². The van der Waals surface area contributed by atoms with Crippen molar-refractivity contribution >= 4 is 29.1 Å². The molecule has 0 atom stereocenters. The third-order valence-electron chi connectivity index (χ3n) is 3.97. The van der Waals surface area contributed by atoms with Crippen molar-refractivity contribution in [3.05, 3.63) is 77.0 Å². The van der Waals surface area contributed by atoms with Crippen molar-refractivity contribution in [1.29, 1.82) is 0 Å². The minimum Gasteiger partial charge on any atom is -0.465 e. The van der Waals surface area contributed by atoms with E-state index >= 15 is 0 Å². The second-order valence-corrected chi connectivity index (χ2v) is 6.30. The van der Waals surface area contributed by atoms with Crippen LogP contribution >= 0.6 is 0 Å². The number of aryl methyl sites for hydroxylation is 2. The summed E-state index contributed by atoms with van der Waals surface area (Å²) in [6.07, 6.45) is 0. The molecule has 1 amide bonds. The molecule has 7 nitrogen and oxygen atoms in total. The van der Waals surface area contributed by atoms with E-state index < -0.39 is 5.97 Å². The number of esters is 1. The molecule has 28 heavy (non-hydrogen) atoms. The monoisotopic (exact) mass is 376 g/mol. The molecule has 0 aliphatic carbocycles. The van der Waals surface area contributed by atoms with E-state index in [0.717, 1.165) is 11.1 Å². The fraction of sp³-hybridized carbons (Fsp3) is 0.143. The Morgan fingerprint density at radius 3 is 2.29 bits per heavy atom. The number of ether oxygens (including phenoxy) is 1. The number of amides is 1. The van der Waals surface area contributed by atoms with Gasteiger partial charge in [0.25, 0.3) is 5.91 Å². The minimum atomic E-state index is -0.458. The van der Waals surface area contributed by atoms with Gasteiger partial charge in [0.2, 0.25) is 0 Å². The third kappa shape index (κ3) is 4.50. The second-order valence-electron chi connectivity index (χ2n) is 6.30. The Labute approximate surface area is 162 Å². The van der Waals surface area contributed by atoms with Gasteiger partial charge in [0.1, 0.15) is 0 Å². The van der Waals surface area contributed by atoms with Crippen molar-refractivity contribution in [2.24, 2.45) is 0 Å². The van der Waals surface area contributed by atoms with Crippen LogP contribution in [0.5, 0.6) is 0 Å². The number of anilines is 3. The lowest BCUT2D eigenvalue weighted by atomic mass is 10.1. The number of rotatable bonds is 5. The standard InChI is InChI=1S/C21H20N4O3/c1-13-10-14(2)12-15(11-13)22-20(26)18-8-9-19(25-24-18)23-17-7-5-4-6-16(17)21(27)28-3/h4-12H,1-3H3,(H,22,26)(H,23,25). The lowest BCUT2D eigenvalue weighted by Gasteiger charge is -2.10. The van der Waals surface area contributed by atoms with Crippen molar-refractivity contribution in [3.8, 4) is 0 Å². The van der Waals surface area contributed by atoms with Crippen LogP contribution in [0.4, 0.5) is 17.2 Å². The Kier molecular flexibility index (Phi) is 5.64. The highest BCUT2D eigenvalue weighted by Crippen LogP contribution is 2.20. The van der Waals surface area contributed by atoms with Crippen LogP contribution in [0.2, 0.25) is 0 Å². The van der Waals surface area contributed by atoms with Gasteiger partial charge in [-0.25, -0.2) is 4.79 Å². The average molecular weight is 376 g/mol. The molecule has 1 heterocycles. The van der Waals surface area contributed by atoms with Crippen molar-refractivity contribution < 1.29 is 14.3 Å². The number of methoxy groups -OCH3 is 1. The second kappa shape index (κ2) is 8.30. The number of benzene rings is 2. The number of carbonyl (C=O) groups excluding carboxylic acids is 2. The molecule has 142 valence electrons. The summed E-state index contributed by atoms with van der Waals surface area (Å²) in [5, 5.41) is 13.8. The Hall–Kier alpha value is -3.74. The first-order valence-electron chi connectivity index (χ1n) is 8.64. The zero-order valence-electron chi connectivity index (χ0n) is 15.8. The van der Waals surface area contributed by atoms with Crippen molar-refractivity contribution in [2.75, 3.05) is 17.7 Å². The van der Waals surface area contributed by atoms with Gasteiger partial charge in [0, 0.05) is 5.69 Å². The number of nitrogens with zero attached hydrogens (tertiary/aromatic N) is 2. The fourth-order valence-electron chi connectivity index (χ4n) is 2.78. The van der Waals surface area contributed by atoms with Crippen LogP contribution in [0.25, 0.3) is 0 Å². The van der Waals surface area contributed by atoms with E-state index in [4.69, 9.17) is 4.74 Å². The van der Waals surface area contributed by atoms with Crippen LogP contribution in [-0.2, 0) is 4.74 Å². The quantitative estimate of drug-likeness (QED) is 0.657. The van der Waals surface area contributed by atoms with Gasteiger partial charge in [0.15, 0.2) is 11.5 Å². The highest BCUT2D eigenvalue weighted by Gasteiger charge is 2.13. The lowest BCUT2D eigenvalue weighted by Crippen LogP contribution is -2.15. The number of aromatic nitrogens is 2. The summed E-state index contributed by atoms with van der Waals surface area (Å²) in [4.78, 5) is 24.2. The van der Waals surface area contributed by atoms with Crippen LogP contribution < -0.4 is 10.6 Å². The number of carbonyl (C=O) groups is 2. The highest BCUT2D eigenvalue weighted by molar-refractivity contribution is 6.03. The molecule has 0 aliphatic heterocycles. The largest absolute Gasteiger partial charge is 0.465 e. The summed E-state index contributed by atoms with van der Waals surface area (Å²) >= 11 is 0. The maximum Gasteiger partial charge on any atom is 0.339 e. The van der Waals surface area contributed by atoms with Crippen molar-refractivity contribution in [2.45, 2.75) is 13.8 Å². The van der Waals surface area contributed by atoms with E-state index in [-0.39, 0.29) is 11.6 Å². The SMILES string of the molecule is COC(=O)c1ccccc1Nc1ccc(C(=O)Nc2cc(C)cc(C)c2)nn1. The maximum atomic E-state index is 12.4. The van der Waals surface area contributed by atoms with Gasteiger partial charge in [-0.3, -0.25) is 4.79 Å². The molecule has 0 saturated carbocycles. The van der Waals surface area contributed by atoms with Gasteiger partial charge in [-0.1, -0.05) is 18.2 Å². The molecule has 3 rings (SSSR count). The predicted octanol–water partition coefficient (Wildman–Crippen LogP) is 3.88. The average Bonchev–Trinajstić information content (AvgIpc) is 2.67. The zero-order valence-corrected chi connectivity index (χ0v) is 15.8. The van der Waals surface area contributed by atoms with Crippen molar-refractivity contribution in [3.63, 3.8) is 0 Å². The molecular formula is C21H20N4O3. The van der Waals surface area contributed by atoms with Crippen LogP contribution in [0, 0.1) is 13.8 Å². The molecule has 0 aliphatic rings. The van der Waals surface area contributed by atoms with E-state index in [2.05, 4.69) is 20.8 Å². The highest BCUT2D eigenvalue weighted by atomic mass is 16.5. The van der Waals surface area contributed by atoms with Gasteiger partial charge < -0.3 is 15.4 Å². The Morgan fingerprint density at radius 2 is 1.64 bits per heavy atom. The smallest absolute Gasteiger partial charge is 0.339 e. The van der Waals surface area contributed by atoms with Crippen LogP contribution in [0.1, 0.15) is 32.0 Å². The molecule has 2 N–H and O–H groups in total. The predicted molar refractivity (Wildman–Crippen MR) is 107 cm³/mol. The molecular weight excluding hydrogens is 356 g/mol. The normalized spacial score (nSPS) is 10.2. The van der Waals surface area contributed by atoms with Gasteiger partial charge >= 0.3 is 5.97 Å². The Morgan fingerprint density at radius 1 is 0.929 bits per heavy atom. The van der Waals surface area contributed by atoms with Gasteiger partial charge in [-0.2, -0.15) is 0 Å². The first kappa shape index (κ1) is 19.0. The molecule has 3 aromatic rings. The summed E-state index contributed by atoms with van der Waals surface area (Å²) < 4.78 is 4.77. The molecule has 0 radical (unpaired) electrons. The number of nitrogens with one attached hydrogen (secondary N) is 2. The summed E-state index contributed by atoms with van der Waals surface area (Å²) in [5.74, 6) is -0.404. The molecule has 1 aromatic heterocycles. The van der Waals surface area contributed by atoms with E-state index in [9.17, 15) is 9.59 Å². The van der Waals surface area contributed by atoms with E-state index in [0.29, 0.717) is 22.8 Å². The number of para-hydroxylation sites is 1. The molecule has 7 heteroatoms. The lowest BCUT2D eigenvalue weighted by molar-refractivity contribution is 0.0601. The Balaban J connectivity index is 1.73. The van der Waals surface area contributed by atoms with Crippen LogP contribution in [0.15, 0.2) is 54.6 Å². The van der Waals surface area contributed by atoms with Gasteiger partial charge in [-0.05, 0) is 61.4 Å². The minimum absolute atomic E-state index is 0.186. The van der Waals surface area contributed by atoms with Gasteiger partial charge in [0.05, 0.1) is 18.4 Å². The molecule has 0 unspecified atom stereocenters. The molecule has 0 spiro atoms. The van der Waals surface area contributed by atoms with E-state index in [1.165, 1.54) is 7.11 Å². The number of hydrogen-bond acceptors (Lipinski definition) is 6. The maximum absolute atomic E-state index is 12.4. The zero-order chi connectivity index (χ0) is 20.1. The topological polar surface area (TPSA) is 93.2 Å². The molecule has 2 aromatic carbocycles. The first-order chi connectivity index (χ1) is 13.5. The number of hydrogen-bond donors (Lipinski definition) is 2. The molecule has 0 saturated heterocycles. The summed E-state index contributed by atoms with van der Waals surface area (Å²) in [7, 11) is 1.32. The fourth-order valence-corrected chi connectivity index (χ4v) is 2.78. The molecule has 0 fully saturated rings. The van der Waals surface area contributed by atoms with Crippen LogP contribution in [-0.4, -0.2) is 29.2 Å².